The number of anilines is 1. The molecule has 0 aromatic heterocycles. The van der Waals surface area contributed by atoms with Gasteiger partial charge in [-0.2, -0.15) is 0 Å². The van der Waals surface area contributed by atoms with Gasteiger partial charge in [0.05, 0.1) is 12.8 Å². The molecule has 0 unspecified atom stereocenters. The third-order valence-corrected chi connectivity index (χ3v) is 3.92. The molecule has 4 nitrogen and oxygen atoms in total. The molecule has 2 rings (SSSR count). The number of nitrogens with one attached hydrogen (secondary N) is 1. The van der Waals surface area contributed by atoms with E-state index in [1.54, 1.807) is 30.2 Å². The molecule has 0 aliphatic heterocycles. The summed E-state index contributed by atoms with van der Waals surface area (Å²) in [6, 6.07) is 15.0. The summed E-state index contributed by atoms with van der Waals surface area (Å²) < 4.78 is 5.29. The van der Waals surface area contributed by atoms with E-state index < -0.39 is 0 Å². The molecule has 0 atom stereocenters. The fraction of sp³-hybridized carbons (Fsp3) is 0.316. The van der Waals surface area contributed by atoms with Crippen molar-refractivity contribution in [2.24, 2.45) is 0 Å². The third-order valence-electron chi connectivity index (χ3n) is 3.69. The molecule has 0 aliphatic rings. The van der Waals surface area contributed by atoms with Crippen molar-refractivity contribution in [2.75, 3.05) is 19.0 Å². The van der Waals surface area contributed by atoms with Gasteiger partial charge in [-0.1, -0.05) is 55.3 Å². The van der Waals surface area contributed by atoms with Crippen molar-refractivity contribution < 1.29 is 9.53 Å². The van der Waals surface area contributed by atoms with Crippen molar-refractivity contribution in [1.29, 1.82) is 0 Å². The monoisotopic (exact) mass is 346 g/mol. The van der Waals surface area contributed by atoms with Gasteiger partial charge in [-0.3, -0.25) is 0 Å². The maximum Gasteiger partial charge on any atom is 0.322 e. The summed E-state index contributed by atoms with van der Waals surface area (Å²) in [7, 11) is 1.57. The molecule has 128 valence electrons. The lowest BCUT2D eigenvalue weighted by Crippen LogP contribution is -2.35. The summed E-state index contributed by atoms with van der Waals surface area (Å²) in [6.07, 6.45) is 1.98. The molecule has 0 radical (unpaired) electrons. The largest absolute Gasteiger partial charge is 0.495 e. The second-order valence-electron chi connectivity index (χ2n) is 5.54. The first kappa shape index (κ1) is 18.1. The Morgan fingerprint density at radius 2 is 1.96 bits per heavy atom. The highest BCUT2D eigenvalue weighted by atomic mass is 35.5. The summed E-state index contributed by atoms with van der Waals surface area (Å²) in [6.45, 7) is 3.37. The molecule has 1 N–H and O–H groups in total. The normalized spacial score (nSPS) is 10.3. The number of carbonyl (C=O) groups is 1. The summed E-state index contributed by atoms with van der Waals surface area (Å²) in [4.78, 5) is 14.5. The number of nitrogens with zero attached hydrogens (tertiary/aromatic N) is 1. The van der Waals surface area contributed by atoms with Gasteiger partial charge in [0, 0.05) is 18.1 Å². The molecule has 2 aromatic carbocycles. The van der Waals surface area contributed by atoms with Crippen molar-refractivity contribution in [3.8, 4) is 5.75 Å². The lowest BCUT2D eigenvalue weighted by Gasteiger charge is -2.23. The number of rotatable bonds is 7. The van der Waals surface area contributed by atoms with Crippen molar-refractivity contribution in [3.05, 3.63) is 59.1 Å². The number of hydrogen-bond donors (Lipinski definition) is 1. The van der Waals surface area contributed by atoms with E-state index in [0.717, 1.165) is 18.4 Å². The van der Waals surface area contributed by atoms with Gasteiger partial charge in [0.1, 0.15) is 5.75 Å². The van der Waals surface area contributed by atoms with E-state index in [2.05, 4.69) is 12.2 Å². The van der Waals surface area contributed by atoms with Crippen molar-refractivity contribution >= 4 is 23.3 Å². The Labute approximate surface area is 148 Å². The predicted octanol–water partition coefficient (Wildman–Crippen LogP) is 5.18. The number of unbranched alkanes of at least 4 members (excludes halogenated alkanes) is 1. The summed E-state index contributed by atoms with van der Waals surface area (Å²) in [5.41, 5.74) is 1.67. The van der Waals surface area contributed by atoms with Crippen LogP contribution < -0.4 is 10.1 Å². The fourth-order valence-corrected chi connectivity index (χ4v) is 2.55. The molecule has 0 saturated carbocycles. The second kappa shape index (κ2) is 9.18. The number of methoxy groups -OCH3 is 1. The van der Waals surface area contributed by atoms with Crippen LogP contribution in [0.25, 0.3) is 0 Å². The first-order chi connectivity index (χ1) is 11.6. The van der Waals surface area contributed by atoms with Crippen LogP contribution >= 0.6 is 11.6 Å². The van der Waals surface area contributed by atoms with Gasteiger partial charge < -0.3 is 15.0 Å². The molecule has 0 bridgehead atoms. The van der Waals surface area contributed by atoms with Crippen LogP contribution in [0.15, 0.2) is 48.5 Å². The summed E-state index contributed by atoms with van der Waals surface area (Å²) in [5, 5.41) is 3.46. The third kappa shape index (κ3) is 5.17. The molecule has 5 heteroatoms. The Balaban J connectivity index is 2.14. The predicted molar refractivity (Wildman–Crippen MR) is 98.8 cm³/mol. The van der Waals surface area contributed by atoms with Crippen molar-refractivity contribution in [2.45, 2.75) is 26.3 Å². The van der Waals surface area contributed by atoms with Gasteiger partial charge in [0.2, 0.25) is 0 Å². The van der Waals surface area contributed by atoms with E-state index in [1.807, 2.05) is 30.3 Å². The van der Waals surface area contributed by atoms with Crippen LogP contribution in [0.5, 0.6) is 5.75 Å². The van der Waals surface area contributed by atoms with Gasteiger partial charge in [0.25, 0.3) is 0 Å². The smallest absolute Gasteiger partial charge is 0.322 e. The average Bonchev–Trinajstić information content (AvgIpc) is 2.59. The molecule has 2 aromatic rings. The minimum Gasteiger partial charge on any atom is -0.495 e. The lowest BCUT2D eigenvalue weighted by atomic mass is 10.2. The van der Waals surface area contributed by atoms with Crippen molar-refractivity contribution in [1.82, 2.24) is 4.90 Å². The first-order valence-corrected chi connectivity index (χ1v) is 8.45. The molecule has 0 fully saturated rings. The fourth-order valence-electron chi connectivity index (χ4n) is 2.38. The highest BCUT2D eigenvalue weighted by molar-refractivity contribution is 6.31. The number of amides is 2. The number of carbonyl (C=O) groups excluding carboxylic acids is 1. The van der Waals surface area contributed by atoms with Gasteiger partial charge >= 0.3 is 6.03 Å². The maximum atomic E-state index is 12.7. The van der Waals surface area contributed by atoms with E-state index in [4.69, 9.17) is 16.3 Å². The van der Waals surface area contributed by atoms with Crippen LogP contribution in [-0.2, 0) is 6.54 Å². The SMILES string of the molecule is CCCCN(Cc1ccccc1)C(=O)Nc1cc(Cl)ccc1OC. The molecule has 0 heterocycles. The molecular formula is C19H23ClN2O2. The Hall–Kier alpha value is -2.20. The van der Waals surface area contributed by atoms with Gasteiger partial charge in [-0.05, 0) is 30.2 Å². The molecule has 0 saturated heterocycles. The van der Waals surface area contributed by atoms with Crippen molar-refractivity contribution in [3.63, 3.8) is 0 Å². The van der Waals surface area contributed by atoms with E-state index in [9.17, 15) is 4.79 Å². The molecular weight excluding hydrogens is 324 g/mol. The molecule has 0 spiro atoms. The van der Waals surface area contributed by atoms with Crippen LogP contribution in [0.4, 0.5) is 10.5 Å². The summed E-state index contributed by atoms with van der Waals surface area (Å²) in [5.74, 6) is 0.586. The Morgan fingerprint density at radius 1 is 1.21 bits per heavy atom. The Morgan fingerprint density at radius 3 is 2.62 bits per heavy atom. The minimum absolute atomic E-state index is 0.159. The van der Waals surface area contributed by atoms with Gasteiger partial charge in [0.15, 0.2) is 0 Å². The topological polar surface area (TPSA) is 41.6 Å². The number of halogens is 1. The Bertz CT molecular complexity index is 662. The zero-order chi connectivity index (χ0) is 17.4. The van der Waals surface area contributed by atoms with Crippen LogP contribution in [0.2, 0.25) is 5.02 Å². The standard InChI is InChI=1S/C19H23ClN2O2/c1-3-4-12-22(14-15-8-6-5-7-9-15)19(23)21-17-13-16(20)10-11-18(17)24-2/h5-11,13H,3-4,12,14H2,1-2H3,(H,21,23). The van der Waals surface area contributed by atoms with E-state index >= 15 is 0 Å². The number of hydrogen-bond acceptors (Lipinski definition) is 2. The van der Waals surface area contributed by atoms with E-state index in [1.165, 1.54) is 0 Å². The number of urea groups is 1. The average molecular weight is 347 g/mol. The number of benzene rings is 2. The van der Waals surface area contributed by atoms with Gasteiger partial charge in [-0.25, -0.2) is 4.79 Å². The zero-order valence-electron chi connectivity index (χ0n) is 14.1. The van der Waals surface area contributed by atoms with Crippen LogP contribution in [0, 0.1) is 0 Å². The minimum atomic E-state index is -0.159. The highest BCUT2D eigenvalue weighted by Crippen LogP contribution is 2.28. The molecule has 24 heavy (non-hydrogen) atoms. The number of ether oxygens (including phenoxy) is 1. The first-order valence-electron chi connectivity index (χ1n) is 8.07. The maximum absolute atomic E-state index is 12.7. The lowest BCUT2D eigenvalue weighted by molar-refractivity contribution is 0.208. The van der Waals surface area contributed by atoms with E-state index in [-0.39, 0.29) is 6.03 Å². The van der Waals surface area contributed by atoms with Crippen LogP contribution in [0.1, 0.15) is 25.3 Å². The highest BCUT2D eigenvalue weighted by Gasteiger charge is 2.16. The van der Waals surface area contributed by atoms with Crippen LogP contribution in [-0.4, -0.2) is 24.6 Å². The Kier molecular flexibility index (Phi) is 6.94. The zero-order valence-corrected chi connectivity index (χ0v) is 14.8. The van der Waals surface area contributed by atoms with Gasteiger partial charge in [-0.15, -0.1) is 0 Å². The van der Waals surface area contributed by atoms with E-state index in [0.29, 0.717) is 29.5 Å². The second-order valence-corrected chi connectivity index (χ2v) is 5.97. The molecule has 0 aliphatic carbocycles. The van der Waals surface area contributed by atoms with Crippen LogP contribution in [0.3, 0.4) is 0 Å². The molecule has 2 amide bonds. The quantitative estimate of drug-likeness (QED) is 0.750. The summed E-state index contributed by atoms with van der Waals surface area (Å²) >= 11 is 6.03.